The molecule has 4 heteroatoms. The third-order valence-electron chi connectivity index (χ3n) is 2.79. The van der Waals surface area contributed by atoms with Gasteiger partial charge in [0, 0.05) is 24.1 Å². The van der Waals surface area contributed by atoms with E-state index in [0.717, 1.165) is 18.1 Å². The fraction of sp³-hybridized carbons (Fsp3) is 0.900. The number of carbonyl (C=O) groups is 1. The highest BCUT2D eigenvalue weighted by Gasteiger charge is 2.33. The third kappa shape index (κ3) is 2.42. The Morgan fingerprint density at radius 2 is 2.21 bits per heavy atom. The summed E-state index contributed by atoms with van der Waals surface area (Å²) in [5.74, 6) is 2.34. The number of hydrogen-bond donors (Lipinski definition) is 1. The first-order valence-electron chi connectivity index (χ1n) is 5.07. The Kier molecular flexibility index (Phi) is 3.84. The second kappa shape index (κ2) is 4.53. The van der Waals surface area contributed by atoms with Gasteiger partial charge in [0.25, 0.3) is 0 Å². The standard InChI is InChI=1S/C10H20N2OS/c1-8-7-14-6-5-12(8)9(13)10(2,3)11-4/h8,11H,5-7H2,1-4H3. The van der Waals surface area contributed by atoms with Crippen molar-refractivity contribution >= 4 is 17.7 Å². The molecule has 0 aliphatic carbocycles. The summed E-state index contributed by atoms with van der Waals surface area (Å²) < 4.78 is 0. The smallest absolute Gasteiger partial charge is 0.242 e. The highest BCUT2D eigenvalue weighted by atomic mass is 32.2. The maximum atomic E-state index is 12.1. The number of nitrogens with zero attached hydrogens (tertiary/aromatic N) is 1. The monoisotopic (exact) mass is 216 g/mol. The molecule has 0 saturated carbocycles. The minimum atomic E-state index is -0.434. The van der Waals surface area contributed by atoms with Gasteiger partial charge in [-0.15, -0.1) is 0 Å². The van der Waals surface area contributed by atoms with Crippen molar-refractivity contribution in [1.29, 1.82) is 0 Å². The number of nitrogens with one attached hydrogen (secondary N) is 1. The quantitative estimate of drug-likeness (QED) is 0.746. The normalized spacial score (nSPS) is 23.7. The molecule has 1 aliphatic heterocycles. The van der Waals surface area contributed by atoms with E-state index in [-0.39, 0.29) is 5.91 Å². The van der Waals surface area contributed by atoms with Crippen molar-refractivity contribution in [2.45, 2.75) is 32.4 Å². The van der Waals surface area contributed by atoms with Crippen molar-refractivity contribution in [2.24, 2.45) is 0 Å². The number of hydrogen-bond acceptors (Lipinski definition) is 3. The van der Waals surface area contributed by atoms with E-state index in [4.69, 9.17) is 0 Å². The summed E-state index contributed by atoms with van der Waals surface area (Å²) >= 11 is 1.93. The number of rotatable bonds is 2. The third-order valence-corrected chi connectivity index (χ3v) is 3.98. The van der Waals surface area contributed by atoms with E-state index in [9.17, 15) is 4.79 Å². The fourth-order valence-electron chi connectivity index (χ4n) is 1.49. The summed E-state index contributed by atoms with van der Waals surface area (Å²) in [6, 6.07) is 0.369. The molecule has 1 unspecified atom stereocenters. The van der Waals surface area contributed by atoms with E-state index >= 15 is 0 Å². The van der Waals surface area contributed by atoms with Crippen LogP contribution in [0.3, 0.4) is 0 Å². The molecule has 82 valence electrons. The first-order valence-corrected chi connectivity index (χ1v) is 6.22. The summed E-state index contributed by atoms with van der Waals surface area (Å²) in [5.41, 5.74) is -0.434. The molecule has 1 amide bonds. The second-order valence-corrected chi connectivity index (χ2v) is 5.45. The zero-order valence-electron chi connectivity index (χ0n) is 9.46. The Balaban J connectivity index is 2.67. The van der Waals surface area contributed by atoms with Gasteiger partial charge < -0.3 is 10.2 Å². The van der Waals surface area contributed by atoms with E-state index in [1.165, 1.54) is 0 Å². The van der Waals surface area contributed by atoms with Crippen LogP contribution in [0.25, 0.3) is 0 Å². The second-order valence-electron chi connectivity index (χ2n) is 4.30. The van der Waals surface area contributed by atoms with Crippen LogP contribution in [-0.4, -0.2) is 47.5 Å². The van der Waals surface area contributed by atoms with Crippen LogP contribution in [0.1, 0.15) is 20.8 Å². The molecule has 1 saturated heterocycles. The van der Waals surface area contributed by atoms with Gasteiger partial charge in [-0.2, -0.15) is 11.8 Å². The summed E-state index contributed by atoms with van der Waals surface area (Å²) in [5, 5.41) is 3.06. The van der Waals surface area contributed by atoms with Crippen molar-refractivity contribution in [2.75, 3.05) is 25.1 Å². The molecule has 1 atom stereocenters. The average molecular weight is 216 g/mol. The first-order chi connectivity index (χ1) is 6.49. The molecule has 1 aliphatic rings. The van der Waals surface area contributed by atoms with Gasteiger partial charge in [-0.1, -0.05) is 0 Å². The Morgan fingerprint density at radius 3 is 2.71 bits per heavy atom. The maximum absolute atomic E-state index is 12.1. The minimum Gasteiger partial charge on any atom is -0.337 e. The molecule has 0 radical (unpaired) electrons. The zero-order chi connectivity index (χ0) is 10.8. The van der Waals surface area contributed by atoms with Crippen molar-refractivity contribution in [3.63, 3.8) is 0 Å². The van der Waals surface area contributed by atoms with Gasteiger partial charge in [0.2, 0.25) is 5.91 Å². The SMILES string of the molecule is CNC(C)(C)C(=O)N1CCSCC1C. The lowest BCUT2D eigenvalue weighted by Gasteiger charge is -2.38. The number of amides is 1. The zero-order valence-corrected chi connectivity index (χ0v) is 10.3. The van der Waals surface area contributed by atoms with Crippen molar-refractivity contribution in [3.8, 4) is 0 Å². The molecule has 1 heterocycles. The number of carbonyl (C=O) groups excluding carboxylic acids is 1. The molecule has 1 fully saturated rings. The van der Waals surface area contributed by atoms with Crippen LogP contribution in [-0.2, 0) is 4.79 Å². The molecule has 1 N–H and O–H groups in total. The van der Waals surface area contributed by atoms with Crippen molar-refractivity contribution < 1.29 is 4.79 Å². The predicted molar refractivity (Wildman–Crippen MR) is 61.6 cm³/mol. The summed E-state index contributed by atoms with van der Waals surface area (Å²) in [4.78, 5) is 14.1. The fourth-order valence-corrected chi connectivity index (χ4v) is 2.51. The van der Waals surface area contributed by atoms with Gasteiger partial charge in [-0.05, 0) is 27.8 Å². The van der Waals surface area contributed by atoms with Gasteiger partial charge in [0.05, 0.1) is 5.54 Å². The first kappa shape index (κ1) is 11.9. The minimum absolute atomic E-state index is 0.216. The van der Waals surface area contributed by atoms with E-state index in [1.807, 2.05) is 37.6 Å². The molecule has 0 aromatic carbocycles. The van der Waals surface area contributed by atoms with Crippen LogP contribution in [0, 0.1) is 0 Å². The highest BCUT2D eigenvalue weighted by molar-refractivity contribution is 7.99. The molecule has 0 aromatic heterocycles. The van der Waals surface area contributed by atoms with Gasteiger partial charge >= 0.3 is 0 Å². The van der Waals surface area contributed by atoms with Gasteiger partial charge in [0.1, 0.15) is 0 Å². The van der Waals surface area contributed by atoms with Crippen LogP contribution in [0.5, 0.6) is 0 Å². The number of thioether (sulfide) groups is 1. The van der Waals surface area contributed by atoms with Crippen LogP contribution in [0.2, 0.25) is 0 Å². The van der Waals surface area contributed by atoms with Crippen LogP contribution in [0.4, 0.5) is 0 Å². The van der Waals surface area contributed by atoms with Gasteiger partial charge in [-0.25, -0.2) is 0 Å². The topological polar surface area (TPSA) is 32.3 Å². The Labute approximate surface area is 90.6 Å². The van der Waals surface area contributed by atoms with Gasteiger partial charge in [0.15, 0.2) is 0 Å². The largest absolute Gasteiger partial charge is 0.337 e. The van der Waals surface area contributed by atoms with Crippen LogP contribution in [0.15, 0.2) is 0 Å². The molecule has 0 spiro atoms. The predicted octanol–water partition coefficient (Wildman–Crippen LogP) is 0.948. The van der Waals surface area contributed by atoms with Crippen molar-refractivity contribution in [3.05, 3.63) is 0 Å². The van der Waals surface area contributed by atoms with Crippen molar-refractivity contribution in [1.82, 2.24) is 10.2 Å². The molecule has 0 aromatic rings. The Hall–Kier alpha value is -0.220. The molecule has 3 nitrogen and oxygen atoms in total. The van der Waals surface area contributed by atoms with Crippen LogP contribution >= 0.6 is 11.8 Å². The van der Waals surface area contributed by atoms with E-state index in [2.05, 4.69) is 12.2 Å². The summed E-state index contributed by atoms with van der Waals surface area (Å²) in [6.45, 7) is 6.87. The molecule has 0 bridgehead atoms. The lowest BCUT2D eigenvalue weighted by atomic mass is 10.0. The number of likely N-dealkylation sites (N-methyl/N-ethyl adjacent to an activating group) is 1. The summed E-state index contributed by atoms with van der Waals surface area (Å²) in [6.07, 6.45) is 0. The van der Waals surface area contributed by atoms with Crippen LogP contribution < -0.4 is 5.32 Å². The van der Waals surface area contributed by atoms with E-state index < -0.39 is 5.54 Å². The average Bonchev–Trinajstić information content (AvgIpc) is 2.17. The lowest BCUT2D eigenvalue weighted by molar-refractivity contribution is -0.138. The van der Waals surface area contributed by atoms with E-state index in [1.54, 1.807) is 0 Å². The molecular weight excluding hydrogens is 196 g/mol. The maximum Gasteiger partial charge on any atom is 0.242 e. The molecule has 1 rings (SSSR count). The lowest BCUT2D eigenvalue weighted by Crippen LogP contribution is -2.57. The highest BCUT2D eigenvalue weighted by Crippen LogP contribution is 2.19. The Bertz CT molecular complexity index is 218. The Morgan fingerprint density at radius 1 is 1.57 bits per heavy atom. The van der Waals surface area contributed by atoms with Gasteiger partial charge in [-0.3, -0.25) is 4.79 Å². The molecular formula is C10H20N2OS. The van der Waals surface area contributed by atoms with E-state index in [0.29, 0.717) is 6.04 Å². The molecule has 14 heavy (non-hydrogen) atoms. The summed E-state index contributed by atoms with van der Waals surface area (Å²) in [7, 11) is 1.83.